The minimum Gasteiger partial charge on any atom is -0.273 e. The number of nitrogens with zero attached hydrogens (tertiary/aromatic N) is 3. The van der Waals surface area contributed by atoms with Crippen molar-refractivity contribution in [2.24, 2.45) is 11.0 Å². The number of rotatable bonds is 4. The first-order chi connectivity index (χ1) is 10.8. The van der Waals surface area contributed by atoms with E-state index in [9.17, 15) is 18.0 Å². The summed E-state index contributed by atoms with van der Waals surface area (Å²) in [6.07, 6.45) is 0.532. The third-order valence-electron chi connectivity index (χ3n) is 3.98. The summed E-state index contributed by atoms with van der Waals surface area (Å²) in [6.45, 7) is 3.30. The maximum absolute atomic E-state index is 12.6. The zero-order valence-corrected chi connectivity index (χ0v) is 13.3. The SMILES string of the molecule is C/C(Cn1nc(C(F)(F)F)cc1C)=N\NC(=O)C1CCCCC1. The molecular weight excluding hydrogens is 309 g/mol. The second-order valence-corrected chi connectivity index (χ2v) is 5.98. The smallest absolute Gasteiger partial charge is 0.273 e. The lowest BCUT2D eigenvalue weighted by Gasteiger charge is -2.19. The number of hydrogen-bond donors (Lipinski definition) is 1. The Hall–Kier alpha value is -1.86. The van der Waals surface area contributed by atoms with Crippen molar-refractivity contribution in [2.45, 2.75) is 58.7 Å². The molecule has 1 saturated carbocycles. The number of halogens is 3. The van der Waals surface area contributed by atoms with Crippen LogP contribution < -0.4 is 5.43 Å². The predicted octanol–water partition coefficient (Wildman–Crippen LogP) is 3.28. The molecule has 2 rings (SSSR count). The van der Waals surface area contributed by atoms with Gasteiger partial charge in [-0.15, -0.1) is 0 Å². The number of carbonyl (C=O) groups excluding carboxylic acids is 1. The van der Waals surface area contributed by atoms with Gasteiger partial charge in [0.25, 0.3) is 0 Å². The molecule has 0 aromatic carbocycles. The first-order valence-electron chi connectivity index (χ1n) is 7.72. The van der Waals surface area contributed by atoms with E-state index in [1.54, 1.807) is 13.8 Å². The fourth-order valence-corrected chi connectivity index (χ4v) is 2.67. The van der Waals surface area contributed by atoms with E-state index in [1.165, 1.54) is 4.68 Å². The third-order valence-corrected chi connectivity index (χ3v) is 3.98. The Labute approximate surface area is 132 Å². The molecule has 23 heavy (non-hydrogen) atoms. The maximum atomic E-state index is 12.6. The zero-order chi connectivity index (χ0) is 17.0. The van der Waals surface area contributed by atoms with Crippen molar-refractivity contribution < 1.29 is 18.0 Å². The third kappa shape index (κ3) is 4.80. The lowest BCUT2D eigenvalue weighted by molar-refractivity contribution is -0.141. The monoisotopic (exact) mass is 330 g/mol. The standard InChI is InChI=1S/C15H21F3N4O/c1-10(19-20-14(23)12-6-4-3-5-7-12)9-22-11(2)8-13(21-22)15(16,17)18/h8,12H,3-7,9H2,1-2H3,(H,20,23)/b19-10+. The Morgan fingerprint density at radius 1 is 1.39 bits per heavy atom. The van der Waals surface area contributed by atoms with Gasteiger partial charge in [0.05, 0.1) is 12.3 Å². The van der Waals surface area contributed by atoms with Crippen LogP contribution in [0.25, 0.3) is 0 Å². The van der Waals surface area contributed by atoms with Crippen LogP contribution in [0.15, 0.2) is 11.2 Å². The van der Waals surface area contributed by atoms with Crippen molar-refractivity contribution in [1.29, 1.82) is 0 Å². The maximum Gasteiger partial charge on any atom is 0.435 e. The van der Waals surface area contributed by atoms with Gasteiger partial charge in [0.2, 0.25) is 5.91 Å². The van der Waals surface area contributed by atoms with Crippen LogP contribution in [0.5, 0.6) is 0 Å². The Morgan fingerprint density at radius 3 is 2.61 bits per heavy atom. The Bertz CT molecular complexity index is 586. The highest BCUT2D eigenvalue weighted by Crippen LogP contribution is 2.28. The summed E-state index contributed by atoms with van der Waals surface area (Å²) < 4.78 is 39.1. The average molecular weight is 330 g/mol. The van der Waals surface area contributed by atoms with E-state index >= 15 is 0 Å². The molecule has 1 aliphatic rings. The second-order valence-electron chi connectivity index (χ2n) is 5.98. The quantitative estimate of drug-likeness (QED) is 0.680. The van der Waals surface area contributed by atoms with Crippen LogP contribution in [-0.2, 0) is 17.5 Å². The number of carbonyl (C=O) groups is 1. The molecule has 0 radical (unpaired) electrons. The molecular formula is C15H21F3N4O. The molecule has 128 valence electrons. The summed E-state index contributed by atoms with van der Waals surface area (Å²) in [7, 11) is 0. The first-order valence-corrected chi connectivity index (χ1v) is 7.72. The summed E-state index contributed by atoms with van der Waals surface area (Å²) >= 11 is 0. The number of nitrogens with one attached hydrogen (secondary N) is 1. The molecule has 1 fully saturated rings. The van der Waals surface area contributed by atoms with E-state index in [2.05, 4.69) is 15.6 Å². The molecule has 1 aromatic heterocycles. The topological polar surface area (TPSA) is 59.3 Å². The summed E-state index contributed by atoms with van der Waals surface area (Å²) in [5.41, 5.74) is 2.48. The minimum atomic E-state index is -4.46. The average Bonchev–Trinajstić information content (AvgIpc) is 2.87. The highest BCUT2D eigenvalue weighted by atomic mass is 19.4. The fourth-order valence-electron chi connectivity index (χ4n) is 2.67. The molecule has 1 aromatic rings. The van der Waals surface area contributed by atoms with Gasteiger partial charge in [-0.1, -0.05) is 19.3 Å². The van der Waals surface area contributed by atoms with Crippen LogP contribution in [0.2, 0.25) is 0 Å². The van der Waals surface area contributed by atoms with Crippen LogP contribution in [-0.4, -0.2) is 21.4 Å². The molecule has 8 heteroatoms. The van der Waals surface area contributed by atoms with Crippen LogP contribution >= 0.6 is 0 Å². The van der Waals surface area contributed by atoms with Gasteiger partial charge >= 0.3 is 6.18 Å². The summed E-state index contributed by atoms with van der Waals surface area (Å²) in [5.74, 6) is -0.124. The summed E-state index contributed by atoms with van der Waals surface area (Å²) in [5, 5.41) is 7.52. The molecule has 0 spiro atoms. The number of alkyl halides is 3. The van der Waals surface area contributed by atoms with Gasteiger partial charge in [-0.2, -0.15) is 23.4 Å². The number of hydrogen-bond acceptors (Lipinski definition) is 3. The molecule has 1 heterocycles. The first kappa shape index (κ1) is 17.5. The van der Waals surface area contributed by atoms with E-state index in [0.29, 0.717) is 11.4 Å². The Kier molecular flexibility index (Phi) is 5.43. The van der Waals surface area contributed by atoms with E-state index < -0.39 is 11.9 Å². The van der Waals surface area contributed by atoms with Crippen LogP contribution in [0.4, 0.5) is 13.2 Å². The Morgan fingerprint density at radius 2 is 2.04 bits per heavy atom. The minimum absolute atomic E-state index is 0.0106. The van der Waals surface area contributed by atoms with Crippen molar-refractivity contribution in [1.82, 2.24) is 15.2 Å². The fraction of sp³-hybridized carbons (Fsp3) is 0.667. The van der Waals surface area contributed by atoms with Gasteiger partial charge in [-0.05, 0) is 32.8 Å². The molecule has 1 amide bonds. The summed E-state index contributed by atoms with van der Waals surface area (Å²) in [4.78, 5) is 12.0. The lowest BCUT2D eigenvalue weighted by Crippen LogP contribution is -2.29. The van der Waals surface area contributed by atoms with Gasteiger partial charge in [-0.3, -0.25) is 9.48 Å². The number of aryl methyl sites for hydroxylation is 1. The molecule has 0 saturated heterocycles. The predicted molar refractivity (Wildman–Crippen MR) is 79.8 cm³/mol. The zero-order valence-electron chi connectivity index (χ0n) is 13.3. The highest BCUT2D eigenvalue weighted by molar-refractivity contribution is 5.85. The molecule has 1 aliphatic carbocycles. The molecule has 0 bridgehead atoms. The van der Waals surface area contributed by atoms with Gasteiger partial charge in [0.15, 0.2) is 5.69 Å². The number of amides is 1. The lowest BCUT2D eigenvalue weighted by atomic mass is 9.89. The van der Waals surface area contributed by atoms with Crippen LogP contribution in [0, 0.1) is 12.8 Å². The Balaban J connectivity index is 1.94. The van der Waals surface area contributed by atoms with Gasteiger partial charge in [0.1, 0.15) is 0 Å². The van der Waals surface area contributed by atoms with Crippen molar-refractivity contribution in [3.8, 4) is 0 Å². The second kappa shape index (κ2) is 7.14. The largest absolute Gasteiger partial charge is 0.435 e. The van der Waals surface area contributed by atoms with Crippen LogP contribution in [0.1, 0.15) is 50.4 Å². The van der Waals surface area contributed by atoms with Gasteiger partial charge < -0.3 is 0 Å². The number of aromatic nitrogens is 2. The van der Waals surface area contributed by atoms with E-state index in [0.717, 1.165) is 38.2 Å². The van der Waals surface area contributed by atoms with Crippen molar-refractivity contribution >= 4 is 11.6 Å². The molecule has 0 unspecified atom stereocenters. The normalized spacial score (nSPS) is 17.3. The number of hydrazone groups is 1. The molecule has 0 atom stereocenters. The van der Waals surface area contributed by atoms with E-state index in [4.69, 9.17) is 0 Å². The van der Waals surface area contributed by atoms with Crippen molar-refractivity contribution in [3.05, 3.63) is 17.5 Å². The summed E-state index contributed by atoms with van der Waals surface area (Å²) in [6, 6.07) is 0.994. The molecule has 5 nitrogen and oxygen atoms in total. The van der Waals surface area contributed by atoms with Crippen LogP contribution in [0.3, 0.4) is 0 Å². The highest BCUT2D eigenvalue weighted by Gasteiger charge is 2.34. The molecule has 1 N–H and O–H groups in total. The van der Waals surface area contributed by atoms with Crippen molar-refractivity contribution in [3.63, 3.8) is 0 Å². The van der Waals surface area contributed by atoms with Gasteiger partial charge in [-0.25, -0.2) is 5.43 Å². The van der Waals surface area contributed by atoms with E-state index in [1.807, 2.05) is 0 Å². The van der Waals surface area contributed by atoms with Crippen molar-refractivity contribution in [2.75, 3.05) is 0 Å². The van der Waals surface area contributed by atoms with Gasteiger partial charge in [0, 0.05) is 11.6 Å². The molecule has 0 aliphatic heterocycles. The van der Waals surface area contributed by atoms with E-state index in [-0.39, 0.29) is 18.4 Å².